The summed E-state index contributed by atoms with van der Waals surface area (Å²) in [4.78, 5) is 15.2. The highest BCUT2D eigenvalue weighted by Gasteiger charge is 2.12. The number of rotatable bonds is 6. The summed E-state index contributed by atoms with van der Waals surface area (Å²) in [6.07, 6.45) is 0.773. The predicted octanol–water partition coefficient (Wildman–Crippen LogP) is 0.142. The molecule has 90 valence electrons. The van der Waals surface area contributed by atoms with E-state index in [1.165, 1.54) is 0 Å². The standard InChI is InChI=1S/C9H15ClN4O2/c1-3-6-9(10)7(14(2)13-6)4-12-16-5-8(11)15/h12H,3-5H2,1-2H3,(H2,11,15). The number of hydroxylamine groups is 1. The number of primary amides is 1. The third-order valence-corrected chi connectivity index (χ3v) is 2.50. The van der Waals surface area contributed by atoms with Crippen molar-refractivity contribution in [2.45, 2.75) is 19.9 Å². The van der Waals surface area contributed by atoms with Crippen LogP contribution < -0.4 is 11.2 Å². The molecule has 1 heterocycles. The molecule has 0 atom stereocenters. The number of aryl methyl sites for hydroxylation is 2. The van der Waals surface area contributed by atoms with Gasteiger partial charge >= 0.3 is 0 Å². The number of carbonyl (C=O) groups excluding carboxylic acids is 1. The third-order valence-electron chi connectivity index (χ3n) is 2.06. The minimum absolute atomic E-state index is 0.171. The minimum Gasteiger partial charge on any atom is -0.368 e. The number of nitrogens with one attached hydrogen (secondary N) is 1. The van der Waals surface area contributed by atoms with Crippen LogP contribution in [0.4, 0.5) is 0 Å². The second kappa shape index (κ2) is 5.83. The van der Waals surface area contributed by atoms with Gasteiger partial charge in [-0.25, -0.2) is 0 Å². The van der Waals surface area contributed by atoms with Crippen LogP contribution in [0.25, 0.3) is 0 Å². The van der Waals surface area contributed by atoms with Crippen molar-refractivity contribution in [3.05, 3.63) is 16.4 Å². The van der Waals surface area contributed by atoms with E-state index in [-0.39, 0.29) is 6.61 Å². The van der Waals surface area contributed by atoms with Crippen LogP contribution >= 0.6 is 11.6 Å². The molecule has 6 nitrogen and oxygen atoms in total. The predicted molar refractivity (Wildman–Crippen MR) is 59.6 cm³/mol. The van der Waals surface area contributed by atoms with Crippen LogP contribution in [0.5, 0.6) is 0 Å². The number of hydrogen-bond donors (Lipinski definition) is 2. The Hall–Kier alpha value is -1.11. The fraction of sp³-hybridized carbons (Fsp3) is 0.556. The van der Waals surface area contributed by atoms with Gasteiger partial charge in [-0.1, -0.05) is 18.5 Å². The Morgan fingerprint density at radius 2 is 2.38 bits per heavy atom. The van der Waals surface area contributed by atoms with Crippen LogP contribution in [0.3, 0.4) is 0 Å². The van der Waals surface area contributed by atoms with E-state index in [2.05, 4.69) is 10.6 Å². The molecule has 1 amide bonds. The lowest BCUT2D eigenvalue weighted by molar-refractivity contribution is -0.125. The maximum atomic E-state index is 10.4. The normalized spacial score (nSPS) is 10.7. The first kappa shape index (κ1) is 13.0. The van der Waals surface area contributed by atoms with Gasteiger partial charge in [-0.2, -0.15) is 10.6 Å². The van der Waals surface area contributed by atoms with Crippen LogP contribution in [0.15, 0.2) is 0 Å². The molecule has 0 spiro atoms. The molecule has 0 aliphatic heterocycles. The van der Waals surface area contributed by atoms with E-state index in [4.69, 9.17) is 22.2 Å². The molecule has 0 saturated carbocycles. The monoisotopic (exact) mass is 246 g/mol. The Kier molecular flexibility index (Phi) is 4.72. The molecule has 16 heavy (non-hydrogen) atoms. The molecule has 1 aromatic heterocycles. The molecular formula is C9H15ClN4O2. The van der Waals surface area contributed by atoms with Crippen molar-refractivity contribution in [2.75, 3.05) is 6.61 Å². The van der Waals surface area contributed by atoms with Gasteiger partial charge in [0.2, 0.25) is 5.91 Å². The number of halogens is 1. The summed E-state index contributed by atoms with van der Waals surface area (Å²) < 4.78 is 1.68. The zero-order valence-corrected chi connectivity index (χ0v) is 10.0. The molecule has 1 rings (SSSR count). The van der Waals surface area contributed by atoms with Crippen LogP contribution in [0, 0.1) is 0 Å². The van der Waals surface area contributed by atoms with Gasteiger partial charge in [0, 0.05) is 7.05 Å². The molecular weight excluding hydrogens is 232 g/mol. The summed E-state index contributed by atoms with van der Waals surface area (Å²) in [6, 6.07) is 0. The van der Waals surface area contributed by atoms with E-state index < -0.39 is 5.91 Å². The van der Waals surface area contributed by atoms with Gasteiger partial charge in [0.05, 0.1) is 23.0 Å². The highest BCUT2D eigenvalue weighted by atomic mass is 35.5. The van der Waals surface area contributed by atoms with Crippen LogP contribution in [0.1, 0.15) is 18.3 Å². The maximum Gasteiger partial charge on any atom is 0.245 e. The number of nitrogens with two attached hydrogens (primary N) is 1. The van der Waals surface area contributed by atoms with Gasteiger partial charge < -0.3 is 5.73 Å². The van der Waals surface area contributed by atoms with Crippen molar-refractivity contribution >= 4 is 17.5 Å². The minimum atomic E-state index is -0.530. The number of nitrogens with zero attached hydrogens (tertiary/aromatic N) is 2. The summed E-state index contributed by atoms with van der Waals surface area (Å²) in [5.74, 6) is -0.530. The molecule has 0 fully saturated rings. The van der Waals surface area contributed by atoms with Crippen LogP contribution in [-0.4, -0.2) is 22.3 Å². The molecule has 0 aromatic carbocycles. The molecule has 7 heteroatoms. The first-order chi connectivity index (χ1) is 7.56. The van der Waals surface area contributed by atoms with Crippen molar-refractivity contribution in [2.24, 2.45) is 12.8 Å². The van der Waals surface area contributed by atoms with Crippen LogP contribution in [-0.2, 0) is 29.6 Å². The highest BCUT2D eigenvalue weighted by Crippen LogP contribution is 2.20. The summed E-state index contributed by atoms with van der Waals surface area (Å²) in [5.41, 5.74) is 9.17. The van der Waals surface area contributed by atoms with Crippen molar-refractivity contribution in [3.8, 4) is 0 Å². The zero-order valence-electron chi connectivity index (χ0n) is 9.29. The third kappa shape index (κ3) is 3.19. The second-order valence-corrected chi connectivity index (χ2v) is 3.64. The van der Waals surface area contributed by atoms with E-state index in [9.17, 15) is 4.79 Å². The van der Waals surface area contributed by atoms with E-state index in [1.54, 1.807) is 11.7 Å². The first-order valence-corrected chi connectivity index (χ1v) is 5.27. The fourth-order valence-electron chi connectivity index (χ4n) is 1.25. The quantitative estimate of drug-likeness (QED) is 0.553. The maximum absolute atomic E-state index is 10.4. The van der Waals surface area contributed by atoms with Crippen molar-refractivity contribution in [1.82, 2.24) is 15.3 Å². The van der Waals surface area contributed by atoms with Gasteiger partial charge in [0.1, 0.15) is 6.61 Å². The Morgan fingerprint density at radius 1 is 1.69 bits per heavy atom. The van der Waals surface area contributed by atoms with Gasteiger partial charge in [0.15, 0.2) is 0 Å². The number of carbonyl (C=O) groups is 1. The van der Waals surface area contributed by atoms with Crippen molar-refractivity contribution in [1.29, 1.82) is 0 Å². The van der Waals surface area contributed by atoms with Gasteiger partial charge in [0.25, 0.3) is 0 Å². The zero-order chi connectivity index (χ0) is 12.1. The SMILES string of the molecule is CCc1nn(C)c(CNOCC(N)=O)c1Cl. The topological polar surface area (TPSA) is 82.2 Å². The molecule has 1 aromatic rings. The Morgan fingerprint density at radius 3 is 2.88 bits per heavy atom. The van der Waals surface area contributed by atoms with Gasteiger partial charge in [-0.05, 0) is 6.42 Å². The fourth-order valence-corrected chi connectivity index (χ4v) is 1.61. The first-order valence-electron chi connectivity index (χ1n) is 4.89. The summed E-state index contributed by atoms with van der Waals surface area (Å²) in [6.45, 7) is 2.18. The molecule has 0 radical (unpaired) electrons. The lowest BCUT2D eigenvalue weighted by Crippen LogP contribution is -2.25. The van der Waals surface area contributed by atoms with E-state index >= 15 is 0 Å². The Balaban J connectivity index is 2.53. The number of aromatic nitrogens is 2. The summed E-state index contributed by atoms with van der Waals surface area (Å²) >= 11 is 6.10. The Bertz CT molecular complexity index is 378. The highest BCUT2D eigenvalue weighted by molar-refractivity contribution is 6.31. The average molecular weight is 247 g/mol. The van der Waals surface area contributed by atoms with E-state index in [0.717, 1.165) is 17.8 Å². The lowest BCUT2D eigenvalue weighted by Gasteiger charge is -2.04. The molecule has 3 N–H and O–H groups in total. The average Bonchev–Trinajstić information content (AvgIpc) is 2.50. The number of amides is 1. The van der Waals surface area contributed by atoms with E-state index in [1.807, 2.05) is 6.92 Å². The lowest BCUT2D eigenvalue weighted by atomic mass is 10.3. The molecule has 0 aliphatic rings. The molecule has 0 aliphatic carbocycles. The smallest absolute Gasteiger partial charge is 0.245 e. The van der Waals surface area contributed by atoms with Crippen LogP contribution in [0.2, 0.25) is 5.02 Å². The van der Waals surface area contributed by atoms with Crippen molar-refractivity contribution in [3.63, 3.8) is 0 Å². The summed E-state index contributed by atoms with van der Waals surface area (Å²) in [5, 5.41) is 4.87. The van der Waals surface area contributed by atoms with Gasteiger partial charge in [-0.3, -0.25) is 14.3 Å². The Labute approximate surface area is 98.7 Å². The summed E-state index contributed by atoms with van der Waals surface area (Å²) in [7, 11) is 1.80. The molecule has 0 saturated heterocycles. The molecule has 0 unspecified atom stereocenters. The second-order valence-electron chi connectivity index (χ2n) is 3.26. The van der Waals surface area contributed by atoms with Gasteiger partial charge in [-0.15, -0.1) is 0 Å². The molecule has 0 bridgehead atoms. The number of hydrogen-bond acceptors (Lipinski definition) is 4. The van der Waals surface area contributed by atoms with E-state index in [0.29, 0.717) is 11.6 Å². The largest absolute Gasteiger partial charge is 0.368 e. The van der Waals surface area contributed by atoms with Crippen molar-refractivity contribution < 1.29 is 9.63 Å².